The second-order valence-corrected chi connectivity index (χ2v) is 4.03. The van der Waals surface area contributed by atoms with Crippen LogP contribution in [0.25, 0.3) is 0 Å². The molecule has 80 valence electrons. The predicted octanol–water partition coefficient (Wildman–Crippen LogP) is 2.15. The lowest BCUT2D eigenvalue weighted by Gasteiger charge is -2.00. The largest absolute Gasteiger partial charge is 0.469 e. The van der Waals surface area contributed by atoms with Crippen LogP contribution in [0.15, 0.2) is 29.2 Å². The zero-order valence-electron chi connectivity index (χ0n) is 8.43. The van der Waals surface area contributed by atoms with Crippen molar-refractivity contribution in [2.24, 2.45) is 0 Å². The Morgan fingerprint density at radius 2 is 2.07 bits per heavy atom. The third kappa shape index (κ3) is 4.16. The third-order valence-electron chi connectivity index (χ3n) is 1.82. The predicted molar refractivity (Wildman–Crippen MR) is 59.2 cm³/mol. The van der Waals surface area contributed by atoms with Crippen LogP contribution in [0, 0.1) is 0 Å². The van der Waals surface area contributed by atoms with E-state index in [1.54, 1.807) is 23.9 Å². The average Bonchev–Trinajstić information content (AvgIpc) is 2.29. The second-order valence-electron chi connectivity index (χ2n) is 2.86. The van der Waals surface area contributed by atoms with Crippen LogP contribution in [-0.2, 0) is 9.53 Å². The molecule has 0 spiro atoms. The van der Waals surface area contributed by atoms with Crippen LogP contribution >= 0.6 is 11.8 Å². The zero-order valence-corrected chi connectivity index (χ0v) is 9.25. The van der Waals surface area contributed by atoms with Gasteiger partial charge in [-0.25, -0.2) is 0 Å². The molecule has 0 fully saturated rings. The quantitative estimate of drug-likeness (QED) is 0.436. The molecule has 0 aliphatic heterocycles. The summed E-state index contributed by atoms with van der Waals surface area (Å²) in [6, 6.07) is 7.25. The van der Waals surface area contributed by atoms with Gasteiger partial charge in [-0.05, 0) is 12.1 Å². The topological polar surface area (TPSA) is 43.4 Å². The molecule has 4 heteroatoms. The van der Waals surface area contributed by atoms with E-state index in [4.69, 9.17) is 0 Å². The Kier molecular flexibility index (Phi) is 4.90. The van der Waals surface area contributed by atoms with Crippen molar-refractivity contribution in [3.05, 3.63) is 29.8 Å². The fourth-order valence-corrected chi connectivity index (χ4v) is 1.83. The van der Waals surface area contributed by atoms with Crippen LogP contribution in [0.5, 0.6) is 0 Å². The van der Waals surface area contributed by atoms with Gasteiger partial charge in [-0.15, -0.1) is 11.8 Å². The lowest BCUT2D eigenvalue weighted by atomic mass is 10.2. The van der Waals surface area contributed by atoms with Crippen LogP contribution in [0.4, 0.5) is 0 Å². The first kappa shape index (κ1) is 11.8. The number of carbonyl (C=O) groups excluding carboxylic acids is 2. The summed E-state index contributed by atoms with van der Waals surface area (Å²) in [4.78, 5) is 22.3. The van der Waals surface area contributed by atoms with Gasteiger partial charge in [0.1, 0.15) is 6.29 Å². The minimum Gasteiger partial charge on any atom is -0.469 e. The van der Waals surface area contributed by atoms with Crippen molar-refractivity contribution < 1.29 is 14.3 Å². The molecule has 0 aromatic heterocycles. The number of methoxy groups -OCH3 is 1. The zero-order chi connectivity index (χ0) is 11.1. The van der Waals surface area contributed by atoms with Crippen LogP contribution in [0.3, 0.4) is 0 Å². The van der Waals surface area contributed by atoms with Gasteiger partial charge in [0.2, 0.25) is 0 Å². The van der Waals surface area contributed by atoms with Gasteiger partial charge in [0.25, 0.3) is 0 Å². The maximum absolute atomic E-state index is 10.8. The lowest BCUT2D eigenvalue weighted by molar-refractivity contribution is -0.140. The highest BCUT2D eigenvalue weighted by Gasteiger charge is 2.00. The molecule has 3 nitrogen and oxygen atoms in total. The van der Waals surface area contributed by atoms with Gasteiger partial charge in [-0.2, -0.15) is 0 Å². The van der Waals surface area contributed by atoms with Gasteiger partial charge in [0.15, 0.2) is 0 Å². The van der Waals surface area contributed by atoms with Gasteiger partial charge >= 0.3 is 5.97 Å². The molecule has 15 heavy (non-hydrogen) atoms. The maximum atomic E-state index is 10.8. The van der Waals surface area contributed by atoms with Crippen molar-refractivity contribution >= 4 is 24.0 Å². The fourth-order valence-electron chi connectivity index (χ4n) is 0.997. The Morgan fingerprint density at radius 1 is 1.40 bits per heavy atom. The molecule has 1 rings (SSSR count). The molecule has 0 N–H and O–H groups in total. The molecule has 0 atom stereocenters. The number of carbonyl (C=O) groups is 2. The van der Waals surface area contributed by atoms with Crippen molar-refractivity contribution in [2.45, 2.75) is 11.3 Å². The summed E-state index contributed by atoms with van der Waals surface area (Å²) in [5.74, 6) is 0.486. The van der Waals surface area contributed by atoms with Crippen molar-refractivity contribution in [1.29, 1.82) is 0 Å². The number of ether oxygens (including phenoxy) is 1. The number of esters is 1. The average molecular weight is 224 g/mol. The van der Waals surface area contributed by atoms with E-state index >= 15 is 0 Å². The van der Waals surface area contributed by atoms with E-state index in [1.807, 2.05) is 12.1 Å². The van der Waals surface area contributed by atoms with Gasteiger partial charge < -0.3 is 4.74 Å². The third-order valence-corrected chi connectivity index (χ3v) is 2.83. The molecule has 1 aromatic carbocycles. The van der Waals surface area contributed by atoms with Gasteiger partial charge in [0.05, 0.1) is 13.5 Å². The van der Waals surface area contributed by atoms with Crippen LogP contribution in [0.2, 0.25) is 0 Å². The Morgan fingerprint density at radius 3 is 2.60 bits per heavy atom. The first-order valence-electron chi connectivity index (χ1n) is 4.51. The first-order valence-corrected chi connectivity index (χ1v) is 5.49. The normalized spacial score (nSPS) is 9.67. The van der Waals surface area contributed by atoms with E-state index in [0.717, 1.165) is 11.2 Å². The number of hydrogen-bond donors (Lipinski definition) is 0. The molecule has 0 aliphatic carbocycles. The Labute approximate surface area is 92.8 Å². The number of thioether (sulfide) groups is 1. The van der Waals surface area contributed by atoms with E-state index in [-0.39, 0.29) is 5.97 Å². The maximum Gasteiger partial charge on any atom is 0.306 e. The number of benzene rings is 1. The lowest BCUT2D eigenvalue weighted by Crippen LogP contribution is -2.00. The molecular formula is C11H12O3S. The van der Waals surface area contributed by atoms with Crippen molar-refractivity contribution in [1.82, 2.24) is 0 Å². The van der Waals surface area contributed by atoms with Gasteiger partial charge in [-0.1, -0.05) is 12.1 Å². The highest BCUT2D eigenvalue weighted by Crippen LogP contribution is 2.18. The van der Waals surface area contributed by atoms with Crippen LogP contribution in [0.1, 0.15) is 16.8 Å². The first-order chi connectivity index (χ1) is 7.26. The van der Waals surface area contributed by atoms with E-state index in [9.17, 15) is 9.59 Å². The molecule has 0 radical (unpaired) electrons. The Hall–Kier alpha value is -1.29. The van der Waals surface area contributed by atoms with Crippen molar-refractivity contribution in [3.8, 4) is 0 Å². The summed E-state index contributed by atoms with van der Waals surface area (Å²) in [6.07, 6.45) is 1.21. The summed E-state index contributed by atoms with van der Waals surface area (Å²) in [6.45, 7) is 0. The van der Waals surface area contributed by atoms with Gasteiger partial charge in [-0.3, -0.25) is 9.59 Å². The highest BCUT2D eigenvalue weighted by molar-refractivity contribution is 7.99. The van der Waals surface area contributed by atoms with E-state index < -0.39 is 0 Å². The molecule has 0 aliphatic rings. The molecule has 0 bridgehead atoms. The Balaban J connectivity index is 2.37. The number of rotatable bonds is 5. The fraction of sp³-hybridized carbons (Fsp3) is 0.273. The summed E-state index contributed by atoms with van der Waals surface area (Å²) in [5.41, 5.74) is 0.660. The summed E-state index contributed by atoms with van der Waals surface area (Å²) in [7, 11) is 1.38. The Bertz CT molecular complexity index is 332. The van der Waals surface area contributed by atoms with Crippen LogP contribution in [-0.4, -0.2) is 25.1 Å². The second kappa shape index (κ2) is 6.24. The molecular weight excluding hydrogens is 212 g/mol. The smallest absolute Gasteiger partial charge is 0.306 e. The highest BCUT2D eigenvalue weighted by atomic mass is 32.2. The molecule has 0 saturated carbocycles. The minimum atomic E-state index is -0.202. The standard InChI is InChI=1S/C11H12O3S/c1-14-11(13)6-7-15-10-4-2-9(8-12)3-5-10/h2-5,8H,6-7H2,1H3. The van der Waals surface area contributed by atoms with E-state index in [0.29, 0.717) is 17.7 Å². The van der Waals surface area contributed by atoms with Crippen molar-refractivity contribution in [3.63, 3.8) is 0 Å². The monoisotopic (exact) mass is 224 g/mol. The summed E-state index contributed by atoms with van der Waals surface area (Å²) >= 11 is 1.57. The molecule has 1 aromatic rings. The van der Waals surface area contributed by atoms with E-state index in [2.05, 4.69) is 4.74 Å². The van der Waals surface area contributed by atoms with Crippen LogP contribution < -0.4 is 0 Å². The minimum absolute atomic E-state index is 0.202. The molecule has 0 amide bonds. The molecule has 0 saturated heterocycles. The number of aldehydes is 1. The summed E-state index contributed by atoms with van der Waals surface area (Å²) < 4.78 is 4.53. The van der Waals surface area contributed by atoms with Crippen molar-refractivity contribution in [2.75, 3.05) is 12.9 Å². The summed E-state index contributed by atoms with van der Waals surface area (Å²) in [5, 5.41) is 0. The molecule has 0 heterocycles. The number of hydrogen-bond acceptors (Lipinski definition) is 4. The van der Waals surface area contributed by atoms with E-state index in [1.165, 1.54) is 7.11 Å². The molecule has 0 unspecified atom stereocenters. The van der Waals surface area contributed by atoms with Gasteiger partial charge in [0, 0.05) is 16.2 Å². The SMILES string of the molecule is COC(=O)CCSc1ccc(C=O)cc1.